The fourth-order valence-electron chi connectivity index (χ4n) is 3.47. The topological polar surface area (TPSA) is 86.0 Å². The van der Waals surface area contributed by atoms with Crippen molar-refractivity contribution in [1.29, 1.82) is 0 Å². The molecule has 8 heteroatoms. The molecule has 1 aliphatic carbocycles. The Morgan fingerprint density at radius 2 is 2.24 bits per heavy atom. The van der Waals surface area contributed by atoms with Gasteiger partial charge in [-0.25, -0.2) is 4.79 Å². The maximum absolute atomic E-state index is 12.4. The molecule has 134 valence electrons. The van der Waals surface area contributed by atoms with E-state index in [4.69, 9.17) is 4.74 Å². The molecule has 1 saturated heterocycles. The largest absolute Gasteiger partial charge is 0.370 e. The van der Waals surface area contributed by atoms with Crippen molar-refractivity contribution in [2.75, 3.05) is 11.9 Å². The Morgan fingerprint density at radius 3 is 3.00 bits per heavy atom. The summed E-state index contributed by atoms with van der Waals surface area (Å²) in [5.74, 6) is 0. The monoisotopic (exact) mass is 344 g/mol. The summed E-state index contributed by atoms with van der Waals surface area (Å²) < 4.78 is 9.69. The third kappa shape index (κ3) is 3.26. The van der Waals surface area contributed by atoms with Crippen LogP contribution in [0.5, 0.6) is 0 Å². The molecule has 2 N–H and O–H groups in total. The van der Waals surface area contributed by atoms with E-state index in [9.17, 15) is 4.79 Å². The van der Waals surface area contributed by atoms with E-state index < -0.39 is 0 Å². The second-order valence-corrected chi connectivity index (χ2v) is 6.65. The predicted octanol–water partition coefficient (Wildman–Crippen LogP) is 2.48. The van der Waals surface area contributed by atoms with Crippen LogP contribution >= 0.6 is 0 Å². The van der Waals surface area contributed by atoms with Crippen molar-refractivity contribution in [3.8, 4) is 0 Å². The van der Waals surface area contributed by atoms with Crippen molar-refractivity contribution in [3.63, 3.8) is 0 Å². The first-order chi connectivity index (χ1) is 12.2. The molecule has 0 radical (unpaired) electrons. The number of anilines is 1. The Labute approximate surface area is 146 Å². The van der Waals surface area contributed by atoms with Crippen LogP contribution in [-0.4, -0.2) is 38.2 Å². The van der Waals surface area contributed by atoms with Crippen LogP contribution in [0.2, 0.25) is 0 Å². The maximum atomic E-state index is 12.4. The summed E-state index contributed by atoms with van der Waals surface area (Å²) in [6, 6.07) is 2.15. The summed E-state index contributed by atoms with van der Waals surface area (Å²) in [4.78, 5) is 12.4. The minimum Gasteiger partial charge on any atom is -0.370 e. The number of urea groups is 1. The van der Waals surface area contributed by atoms with Crippen LogP contribution in [0, 0.1) is 0 Å². The first-order valence-electron chi connectivity index (χ1n) is 8.99. The number of amides is 2. The van der Waals surface area contributed by atoms with Crippen LogP contribution in [0.25, 0.3) is 0 Å². The average molecular weight is 344 g/mol. The quantitative estimate of drug-likeness (QED) is 0.872. The van der Waals surface area contributed by atoms with Gasteiger partial charge in [-0.3, -0.25) is 9.36 Å². The first-order valence-corrected chi connectivity index (χ1v) is 8.99. The van der Waals surface area contributed by atoms with Gasteiger partial charge < -0.3 is 15.4 Å². The molecule has 3 heterocycles. The van der Waals surface area contributed by atoms with Gasteiger partial charge in [-0.2, -0.15) is 10.2 Å². The van der Waals surface area contributed by atoms with Gasteiger partial charge >= 0.3 is 6.03 Å². The van der Waals surface area contributed by atoms with Gasteiger partial charge in [-0.15, -0.1) is 0 Å². The highest BCUT2D eigenvalue weighted by molar-refractivity contribution is 5.89. The minimum atomic E-state index is -0.226. The first kappa shape index (κ1) is 16.1. The SMILES string of the molecule is CCn1nccc1[C@@H]1OCC[C@H]1NC(=O)Nc1cnn(C2CCC2)c1. The Balaban J connectivity index is 1.37. The molecular weight excluding hydrogens is 320 g/mol. The number of aromatic nitrogens is 4. The Hall–Kier alpha value is -2.35. The molecule has 4 rings (SSSR count). The van der Waals surface area contributed by atoms with E-state index in [-0.39, 0.29) is 18.2 Å². The third-order valence-corrected chi connectivity index (χ3v) is 5.06. The fraction of sp³-hybridized carbons (Fsp3) is 0.588. The summed E-state index contributed by atoms with van der Waals surface area (Å²) in [6.45, 7) is 3.45. The number of carbonyl (C=O) groups excluding carboxylic acids is 1. The van der Waals surface area contributed by atoms with E-state index in [1.165, 1.54) is 19.3 Å². The number of nitrogens with one attached hydrogen (secondary N) is 2. The lowest BCUT2D eigenvalue weighted by molar-refractivity contribution is 0.0931. The van der Waals surface area contributed by atoms with Crippen molar-refractivity contribution in [1.82, 2.24) is 24.9 Å². The highest BCUT2D eigenvalue weighted by atomic mass is 16.5. The van der Waals surface area contributed by atoms with Crippen LogP contribution < -0.4 is 10.6 Å². The van der Waals surface area contributed by atoms with Gasteiger partial charge in [-0.05, 0) is 38.7 Å². The van der Waals surface area contributed by atoms with Crippen LogP contribution in [-0.2, 0) is 11.3 Å². The lowest BCUT2D eigenvalue weighted by Gasteiger charge is -2.25. The summed E-state index contributed by atoms with van der Waals surface area (Å²) >= 11 is 0. The van der Waals surface area contributed by atoms with Gasteiger partial charge in [0.05, 0.1) is 29.7 Å². The normalized spacial score (nSPS) is 23.4. The zero-order valence-electron chi connectivity index (χ0n) is 14.4. The molecule has 1 aliphatic heterocycles. The summed E-state index contributed by atoms with van der Waals surface area (Å²) in [5, 5.41) is 14.5. The molecule has 2 aliphatic rings. The summed E-state index contributed by atoms with van der Waals surface area (Å²) in [6.07, 6.45) is 9.58. The van der Waals surface area contributed by atoms with E-state index in [2.05, 4.69) is 20.8 Å². The highest BCUT2D eigenvalue weighted by Gasteiger charge is 2.33. The number of rotatable bonds is 5. The Bertz CT molecular complexity index is 735. The molecule has 25 heavy (non-hydrogen) atoms. The second kappa shape index (κ2) is 6.87. The number of nitrogens with zero attached hydrogens (tertiary/aromatic N) is 4. The van der Waals surface area contributed by atoms with Gasteiger partial charge in [0.25, 0.3) is 0 Å². The van der Waals surface area contributed by atoms with E-state index in [1.807, 2.05) is 28.6 Å². The standard InChI is InChI=1S/C17H24N6O2/c1-2-22-15(6-8-18-22)16-14(7-9-25-16)21-17(24)20-12-10-19-23(11-12)13-4-3-5-13/h6,8,10-11,13-14,16H,2-5,7,9H2,1H3,(H2,20,21,24)/t14-,16-/m1/s1. The number of hydrogen-bond acceptors (Lipinski definition) is 4. The summed E-state index contributed by atoms with van der Waals surface area (Å²) in [5.41, 5.74) is 1.72. The molecule has 0 aromatic carbocycles. The molecule has 0 spiro atoms. The van der Waals surface area contributed by atoms with E-state index in [1.54, 1.807) is 12.4 Å². The van der Waals surface area contributed by atoms with Gasteiger partial charge in [0.15, 0.2) is 0 Å². The Morgan fingerprint density at radius 1 is 1.36 bits per heavy atom. The molecule has 2 amide bonds. The predicted molar refractivity (Wildman–Crippen MR) is 92.3 cm³/mol. The molecule has 8 nitrogen and oxygen atoms in total. The summed E-state index contributed by atoms with van der Waals surface area (Å²) in [7, 11) is 0. The van der Waals surface area contributed by atoms with Crippen LogP contribution in [0.3, 0.4) is 0 Å². The van der Waals surface area contributed by atoms with Crippen LogP contribution in [0.15, 0.2) is 24.7 Å². The van der Waals surface area contributed by atoms with E-state index in [0.717, 1.165) is 24.3 Å². The zero-order valence-corrected chi connectivity index (χ0v) is 14.4. The van der Waals surface area contributed by atoms with Crippen LogP contribution in [0.4, 0.5) is 10.5 Å². The molecule has 2 aromatic rings. The maximum Gasteiger partial charge on any atom is 0.319 e. The fourth-order valence-corrected chi connectivity index (χ4v) is 3.47. The van der Waals surface area contributed by atoms with E-state index in [0.29, 0.717) is 12.6 Å². The second-order valence-electron chi connectivity index (χ2n) is 6.65. The lowest BCUT2D eigenvalue weighted by atomic mass is 9.93. The molecule has 2 fully saturated rings. The van der Waals surface area contributed by atoms with Crippen molar-refractivity contribution in [2.45, 2.75) is 57.3 Å². The van der Waals surface area contributed by atoms with Crippen molar-refractivity contribution < 1.29 is 9.53 Å². The van der Waals surface area contributed by atoms with Crippen LogP contribution in [0.1, 0.15) is 50.4 Å². The number of hydrogen-bond donors (Lipinski definition) is 2. The molecule has 2 aromatic heterocycles. The van der Waals surface area contributed by atoms with Crippen molar-refractivity contribution in [3.05, 3.63) is 30.4 Å². The van der Waals surface area contributed by atoms with Crippen molar-refractivity contribution >= 4 is 11.7 Å². The third-order valence-electron chi connectivity index (χ3n) is 5.06. The smallest absolute Gasteiger partial charge is 0.319 e. The van der Waals surface area contributed by atoms with Gasteiger partial charge in [-0.1, -0.05) is 0 Å². The Kier molecular flexibility index (Phi) is 4.44. The lowest BCUT2D eigenvalue weighted by Crippen LogP contribution is -2.40. The average Bonchev–Trinajstić information content (AvgIpc) is 3.25. The van der Waals surface area contributed by atoms with Gasteiger partial charge in [0.2, 0.25) is 0 Å². The van der Waals surface area contributed by atoms with E-state index >= 15 is 0 Å². The van der Waals surface area contributed by atoms with Gasteiger partial charge in [0, 0.05) is 25.5 Å². The minimum absolute atomic E-state index is 0.0660. The van der Waals surface area contributed by atoms with Crippen molar-refractivity contribution in [2.24, 2.45) is 0 Å². The molecule has 2 atom stereocenters. The van der Waals surface area contributed by atoms with Gasteiger partial charge in [0.1, 0.15) is 6.10 Å². The molecular formula is C17H24N6O2. The molecule has 1 saturated carbocycles. The number of carbonyl (C=O) groups is 1. The highest BCUT2D eigenvalue weighted by Crippen LogP contribution is 2.31. The molecule has 0 unspecified atom stereocenters. The number of aryl methyl sites for hydroxylation is 1. The zero-order chi connectivity index (χ0) is 17.2. The number of ether oxygens (including phenoxy) is 1. The molecule has 0 bridgehead atoms.